The molecule has 2 aromatic carbocycles. The van der Waals surface area contributed by atoms with Crippen LogP contribution in [0.5, 0.6) is 0 Å². The molecule has 4 nitrogen and oxygen atoms in total. The van der Waals surface area contributed by atoms with Gasteiger partial charge in [0.15, 0.2) is 0 Å². The van der Waals surface area contributed by atoms with Gasteiger partial charge < -0.3 is 9.88 Å². The molecule has 4 rings (SSSR count). The summed E-state index contributed by atoms with van der Waals surface area (Å²) in [6.07, 6.45) is 6.60. The summed E-state index contributed by atoms with van der Waals surface area (Å²) in [6, 6.07) is 20.4. The smallest absolute Gasteiger partial charge is 0.272 e. The van der Waals surface area contributed by atoms with E-state index in [1.54, 1.807) is 0 Å². The van der Waals surface area contributed by atoms with Gasteiger partial charge in [-0.25, -0.2) is 0 Å². The summed E-state index contributed by atoms with van der Waals surface area (Å²) in [5.74, 6) is -0.0540. The molecule has 4 heteroatoms. The first kappa shape index (κ1) is 19.9. The lowest BCUT2D eigenvalue weighted by Gasteiger charge is -2.12. The lowest BCUT2D eigenvalue weighted by molar-refractivity contribution is 0.101. The summed E-state index contributed by atoms with van der Waals surface area (Å²) in [4.78, 5) is 17.3. The third-order valence-corrected chi connectivity index (χ3v) is 5.54. The Labute approximate surface area is 177 Å². The summed E-state index contributed by atoms with van der Waals surface area (Å²) in [7, 11) is 0. The van der Waals surface area contributed by atoms with E-state index in [0.717, 1.165) is 53.7 Å². The van der Waals surface area contributed by atoms with Crippen LogP contribution in [0.2, 0.25) is 0 Å². The Balaban J connectivity index is 1.56. The molecule has 30 heavy (non-hydrogen) atoms. The van der Waals surface area contributed by atoms with E-state index >= 15 is 0 Å². The van der Waals surface area contributed by atoms with Crippen molar-refractivity contribution in [1.29, 1.82) is 0 Å². The van der Waals surface area contributed by atoms with Crippen LogP contribution in [0.3, 0.4) is 0 Å². The van der Waals surface area contributed by atoms with Crippen molar-refractivity contribution in [2.75, 3.05) is 5.32 Å². The van der Waals surface area contributed by atoms with Crippen molar-refractivity contribution in [3.05, 3.63) is 95.4 Å². The molecule has 0 unspecified atom stereocenters. The first-order valence-electron chi connectivity index (χ1n) is 10.5. The van der Waals surface area contributed by atoms with Gasteiger partial charge >= 0.3 is 0 Å². The lowest BCUT2D eigenvalue weighted by atomic mass is 10.1. The van der Waals surface area contributed by atoms with Crippen molar-refractivity contribution in [2.24, 2.45) is 0 Å². The van der Waals surface area contributed by atoms with Crippen LogP contribution in [0.15, 0.2) is 73.1 Å². The van der Waals surface area contributed by atoms with Gasteiger partial charge in [-0.05, 0) is 66.8 Å². The zero-order valence-electron chi connectivity index (χ0n) is 17.6. The maximum atomic E-state index is 13.2. The molecule has 0 spiro atoms. The number of amides is 1. The number of nitrogens with one attached hydrogen (secondary N) is 1. The number of hydrogen-bond donors (Lipinski definition) is 1. The Hall–Kier alpha value is -3.40. The van der Waals surface area contributed by atoms with Gasteiger partial charge in [0, 0.05) is 35.5 Å². The van der Waals surface area contributed by atoms with Gasteiger partial charge in [-0.2, -0.15) is 0 Å². The van der Waals surface area contributed by atoms with E-state index in [9.17, 15) is 4.79 Å². The number of carbonyl (C=O) groups excluding carboxylic acids is 1. The number of unbranched alkanes of at least 4 members (excludes halogenated alkanes) is 1. The van der Waals surface area contributed by atoms with Crippen LogP contribution in [-0.2, 0) is 13.0 Å². The van der Waals surface area contributed by atoms with Crippen LogP contribution in [0.4, 0.5) is 5.69 Å². The predicted octanol–water partition coefficient (Wildman–Crippen LogP) is 5.99. The number of aryl methyl sites for hydroxylation is 2. The molecule has 0 bridgehead atoms. The van der Waals surface area contributed by atoms with Crippen molar-refractivity contribution < 1.29 is 4.79 Å². The number of nitrogens with zero attached hydrogens (tertiary/aromatic N) is 2. The highest BCUT2D eigenvalue weighted by atomic mass is 16.2. The molecule has 0 fully saturated rings. The number of rotatable bonds is 7. The van der Waals surface area contributed by atoms with E-state index in [1.807, 2.05) is 55.7 Å². The average Bonchev–Trinajstić information content (AvgIpc) is 3.06. The number of anilines is 1. The lowest BCUT2D eigenvalue weighted by Crippen LogP contribution is -2.18. The van der Waals surface area contributed by atoms with E-state index in [0.29, 0.717) is 0 Å². The molecular weight excluding hydrogens is 370 g/mol. The molecule has 2 aromatic heterocycles. The van der Waals surface area contributed by atoms with Crippen LogP contribution in [-0.4, -0.2) is 15.5 Å². The van der Waals surface area contributed by atoms with Crippen molar-refractivity contribution >= 4 is 22.5 Å². The zero-order valence-corrected chi connectivity index (χ0v) is 17.6. The van der Waals surface area contributed by atoms with Crippen LogP contribution in [0.25, 0.3) is 10.9 Å². The van der Waals surface area contributed by atoms with Crippen molar-refractivity contribution in [3.8, 4) is 0 Å². The van der Waals surface area contributed by atoms with E-state index in [-0.39, 0.29) is 5.91 Å². The molecule has 2 heterocycles. The second-order valence-electron chi connectivity index (χ2n) is 7.68. The van der Waals surface area contributed by atoms with Gasteiger partial charge in [0.25, 0.3) is 5.91 Å². The van der Waals surface area contributed by atoms with E-state index in [4.69, 9.17) is 0 Å². The van der Waals surface area contributed by atoms with Gasteiger partial charge in [0.05, 0.1) is 0 Å². The largest absolute Gasteiger partial charge is 0.336 e. The van der Waals surface area contributed by atoms with Gasteiger partial charge in [-0.1, -0.05) is 43.7 Å². The maximum Gasteiger partial charge on any atom is 0.272 e. The number of fused-ring (bicyclic) bond motifs is 1. The molecule has 0 atom stereocenters. The molecular formula is C26H27N3O. The minimum absolute atomic E-state index is 0.0540. The molecule has 4 aromatic rings. The third kappa shape index (κ3) is 4.13. The summed E-state index contributed by atoms with van der Waals surface area (Å²) in [6.45, 7) is 5.06. The van der Waals surface area contributed by atoms with Crippen molar-refractivity contribution in [1.82, 2.24) is 9.55 Å². The second-order valence-corrected chi connectivity index (χ2v) is 7.68. The Morgan fingerprint density at radius 2 is 1.67 bits per heavy atom. The second kappa shape index (κ2) is 8.95. The molecule has 152 valence electrons. The highest BCUT2D eigenvalue weighted by molar-refractivity contribution is 6.08. The number of carbonyl (C=O) groups is 1. The van der Waals surface area contributed by atoms with Crippen molar-refractivity contribution in [2.45, 2.75) is 39.7 Å². The molecule has 0 aliphatic carbocycles. The first-order chi connectivity index (χ1) is 14.7. The highest BCUT2D eigenvalue weighted by Gasteiger charge is 2.20. The van der Waals surface area contributed by atoms with Gasteiger partial charge in [0.2, 0.25) is 0 Å². The maximum absolute atomic E-state index is 13.2. The number of benzene rings is 2. The SMILES string of the molecule is CCCCn1c(C(=O)Nc2ccc(Cc3ccncc3)cc2)c(C)c2ccccc21. The van der Waals surface area contributed by atoms with E-state index in [1.165, 1.54) is 11.1 Å². The molecule has 0 saturated heterocycles. The molecule has 1 amide bonds. The Kier molecular flexibility index (Phi) is 5.94. The average molecular weight is 398 g/mol. The van der Waals surface area contributed by atoms with Gasteiger partial charge in [-0.3, -0.25) is 9.78 Å². The third-order valence-electron chi connectivity index (χ3n) is 5.54. The number of para-hydroxylation sites is 1. The molecule has 1 N–H and O–H groups in total. The van der Waals surface area contributed by atoms with Gasteiger partial charge in [0.1, 0.15) is 5.69 Å². The van der Waals surface area contributed by atoms with Crippen LogP contribution < -0.4 is 5.32 Å². The van der Waals surface area contributed by atoms with Crippen LogP contribution >= 0.6 is 0 Å². The van der Waals surface area contributed by atoms with Gasteiger partial charge in [-0.15, -0.1) is 0 Å². The van der Waals surface area contributed by atoms with Crippen LogP contribution in [0, 0.1) is 6.92 Å². The molecule has 0 aliphatic heterocycles. The number of aromatic nitrogens is 2. The molecule has 0 aliphatic rings. The fourth-order valence-corrected chi connectivity index (χ4v) is 3.95. The molecule has 0 saturated carbocycles. The summed E-state index contributed by atoms with van der Waals surface area (Å²) >= 11 is 0. The fourth-order valence-electron chi connectivity index (χ4n) is 3.95. The number of hydrogen-bond acceptors (Lipinski definition) is 2. The van der Waals surface area contributed by atoms with Crippen molar-refractivity contribution in [3.63, 3.8) is 0 Å². The van der Waals surface area contributed by atoms with Crippen LogP contribution in [0.1, 0.15) is 46.9 Å². The Morgan fingerprint density at radius 1 is 0.967 bits per heavy atom. The number of pyridine rings is 1. The minimum Gasteiger partial charge on any atom is -0.336 e. The Morgan fingerprint density at radius 3 is 2.40 bits per heavy atom. The molecule has 0 radical (unpaired) electrons. The minimum atomic E-state index is -0.0540. The monoisotopic (exact) mass is 397 g/mol. The van der Waals surface area contributed by atoms with E-state index in [2.05, 4.69) is 46.1 Å². The highest BCUT2D eigenvalue weighted by Crippen LogP contribution is 2.27. The zero-order chi connectivity index (χ0) is 20.9. The van der Waals surface area contributed by atoms with E-state index < -0.39 is 0 Å². The predicted molar refractivity (Wildman–Crippen MR) is 123 cm³/mol. The normalized spacial score (nSPS) is 11.0. The quantitative estimate of drug-likeness (QED) is 0.416. The summed E-state index contributed by atoms with van der Waals surface area (Å²) < 4.78 is 2.17. The first-order valence-corrected chi connectivity index (χ1v) is 10.5. The standard InChI is InChI=1S/C26H27N3O/c1-3-4-17-29-24-8-6-5-7-23(24)19(2)25(29)26(30)28-22-11-9-20(10-12-22)18-21-13-15-27-16-14-21/h5-16H,3-4,17-18H2,1-2H3,(H,28,30). The Bertz CT molecular complexity index is 1140. The summed E-state index contributed by atoms with van der Waals surface area (Å²) in [5, 5.41) is 4.24. The fraction of sp³-hybridized carbons (Fsp3) is 0.231. The summed E-state index contributed by atoms with van der Waals surface area (Å²) in [5.41, 5.74) is 6.15. The topological polar surface area (TPSA) is 46.9 Å².